The van der Waals surface area contributed by atoms with Crippen molar-refractivity contribution in [2.75, 3.05) is 7.11 Å². The zero-order valence-corrected chi connectivity index (χ0v) is 11.5. The normalized spacial score (nSPS) is 14.7. The molecule has 0 heterocycles. The number of rotatable bonds is 5. The molecule has 1 aromatic carbocycles. The van der Waals surface area contributed by atoms with Crippen molar-refractivity contribution in [2.45, 2.75) is 46.3 Å². The van der Waals surface area contributed by atoms with Gasteiger partial charge in [-0.25, -0.2) is 0 Å². The highest BCUT2D eigenvalue weighted by Crippen LogP contribution is 2.26. The molecule has 0 saturated carbocycles. The summed E-state index contributed by atoms with van der Waals surface area (Å²) in [5.41, 5.74) is 7.97. The van der Waals surface area contributed by atoms with Crippen LogP contribution in [0, 0.1) is 20.8 Å². The molecule has 0 aliphatic rings. The Hall–Kier alpha value is -0.900. The molecule has 2 atom stereocenters. The summed E-state index contributed by atoms with van der Waals surface area (Å²) in [5.74, 6) is 5.68. The van der Waals surface area contributed by atoms with Crippen molar-refractivity contribution in [3.8, 4) is 0 Å². The first-order chi connectivity index (χ1) is 8.04. The lowest BCUT2D eigenvalue weighted by Crippen LogP contribution is -2.37. The van der Waals surface area contributed by atoms with Crippen LogP contribution in [0.3, 0.4) is 0 Å². The number of hydrogen-bond acceptors (Lipinski definition) is 3. The van der Waals surface area contributed by atoms with Gasteiger partial charge < -0.3 is 4.74 Å². The number of hydrogen-bond donors (Lipinski definition) is 2. The largest absolute Gasteiger partial charge is 0.379 e. The second kappa shape index (κ2) is 6.15. The molecule has 1 rings (SSSR count). The van der Waals surface area contributed by atoms with Gasteiger partial charge in [-0.15, -0.1) is 0 Å². The molecule has 0 spiro atoms. The van der Waals surface area contributed by atoms with Gasteiger partial charge in [0.25, 0.3) is 0 Å². The smallest absolute Gasteiger partial charge is 0.0776 e. The highest BCUT2D eigenvalue weighted by molar-refractivity contribution is 5.38. The fourth-order valence-corrected chi connectivity index (χ4v) is 2.25. The van der Waals surface area contributed by atoms with Gasteiger partial charge in [-0.1, -0.05) is 19.1 Å². The summed E-state index contributed by atoms with van der Waals surface area (Å²) in [7, 11) is 1.73. The van der Waals surface area contributed by atoms with Crippen LogP contribution in [-0.4, -0.2) is 13.2 Å². The highest BCUT2D eigenvalue weighted by Gasteiger charge is 2.22. The minimum absolute atomic E-state index is 0.0456. The van der Waals surface area contributed by atoms with Gasteiger partial charge in [0.1, 0.15) is 0 Å². The minimum atomic E-state index is 0.0456. The SMILES string of the molecule is CCC(OC)C(NN)c1cc(C)c(C)cc1C. The maximum atomic E-state index is 5.68. The molecule has 3 heteroatoms. The Morgan fingerprint density at radius 3 is 2.24 bits per heavy atom. The minimum Gasteiger partial charge on any atom is -0.379 e. The lowest BCUT2D eigenvalue weighted by molar-refractivity contribution is 0.0649. The predicted octanol–water partition coefficient (Wildman–Crippen LogP) is 2.54. The lowest BCUT2D eigenvalue weighted by atomic mass is 9.92. The number of benzene rings is 1. The molecule has 96 valence electrons. The van der Waals surface area contributed by atoms with E-state index in [0.717, 1.165) is 6.42 Å². The van der Waals surface area contributed by atoms with Crippen molar-refractivity contribution in [3.05, 3.63) is 34.4 Å². The third-order valence-electron chi connectivity index (χ3n) is 3.47. The van der Waals surface area contributed by atoms with Gasteiger partial charge >= 0.3 is 0 Å². The molecule has 0 radical (unpaired) electrons. The van der Waals surface area contributed by atoms with Crippen LogP contribution in [0.1, 0.15) is 41.6 Å². The first kappa shape index (κ1) is 14.2. The summed E-state index contributed by atoms with van der Waals surface area (Å²) in [4.78, 5) is 0. The van der Waals surface area contributed by atoms with E-state index in [9.17, 15) is 0 Å². The van der Waals surface area contributed by atoms with Crippen LogP contribution >= 0.6 is 0 Å². The Morgan fingerprint density at radius 2 is 1.76 bits per heavy atom. The predicted molar refractivity (Wildman–Crippen MR) is 71.8 cm³/mol. The highest BCUT2D eigenvalue weighted by atomic mass is 16.5. The number of ether oxygens (including phenoxy) is 1. The van der Waals surface area contributed by atoms with Gasteiger partial charge in [0, 0.05) is 7.11 Å². The first-order valence-corrected chi connectivity index (χ1v) is 6.11. The second-order valence-electron chi connectivity index (χ2n) is 4.62. The van der Waals surface area contributed by atoms with E-state index in [2.05, 4.69) is 45.3 Å². The maximum absolute atomic E-state index is 5.68. The van der Waals surface area contributed by atoms with Gasteiger partial charge in [-0.3, -0.25) is 11.3 Å². The number of nitrogens with one attached hydrogen (secondary N) is 1. The molecule has 0 fully saturated rings. The Morgan fingerprint density at radius 1 is 1.18 bits per heavy atom. The van der Waals surface area contributed by atoms with E-state index in [-0.39, 0.29) is 12.1 Å². The van der Waals surface area contributed by atoms with Gasteiger partial charge in [-0.2, -0.15) is 0 Å². The molecule has 2 unspecified atom stereocenters. The molecule has 0 aliphatic carbocycles. The second-order valence-corrected chi connectivity index (χ2v) is 4.62. The molecule has 1 aromatic rings. The van der Waals surface area contributed by atoms with Crippen LogP contribution in [0.15, 0.2) is 12.1 Å². The van der Waals surface area contributed by atoms with E-state index in [4.69, 9.17) is 10.6 Å². The van der Waals surface area contributed by atoms with Crippen molar-refractivity contribution in [2.24, 2.45) is 5.84 Å². The molecule has 0 aliphatic heterocycles. The molecular formula is C14H24N2O. The van der Waals surface area contributed by atoms with Crippen molar-refractivity contribution in [3.63, 3.8) is 0 Å². The Labute approximate surface area is 104 Å². The average Bonchev–Trinajstić information content (AvgIpc) is 2.31. The fraction of sp³-hybridized carbons (Fsp3) is 0.571. The molecule has 0 aromatic heterocycles. The monoisotopic (exact) mass is 236 g/mol. The third kappa shape index (κ3) is 3.06. The zero-order valence-electron chi connectivity index (χ0n) is 11.5. The van der Waals surface area contributed by atoms with Crippen molar-refractivity contribution in [1.82, 2.24) is 5.43 Å². The molecule has 17 heavy (non-hydrogen) atoms. The van der Waals surface area contributed by atoms with E-state index in [0.29, 0.717) is 0 Å². The molecule has 0 bridgehead atoms. The van der Waals surface area contributed by atoms with E-state index >= 15 is 0 Å². The topological polar surface area (TPSA) is 47.3 Å². The van der Waals surface area contributed by atoms with Crippen LogP contribution < -0.4 is 11.3 Å². The summed E-state index contributed by atoms with van der Waals surface area (Å²) in [5, 5.41) is 0. The quantitative estimate of drug-likeness (QED) is 0.610. The van der Waals surface area contributed by atoms with Gasteiger partial charge in [-0.05, 0) is 49.4 Å². The van der Waals surface area contributed by atoms with E-state index in [1.54, 1.807) is 7.11 Å². The lowest BCUT2D eigenvalue weighted by Gasteiger charge is -2.26. The molecule has 3 nitrogen and oxygen atoms in total. The summed E-state index contributed by atoms with van der Waals surface area (Å²) in [6.07, 6.45) is 1.03. The fourth-order valence-electron chi connectivity index (χ4n) is 2.25. The standard InChI is InChI=1S/C14H24N2O/c1-6-13(17-5)14(16-15)12-8-10(3)9(2)7-11(12)4/h7-8,13-14,16H,6,15H2,1-5H3. The van der Waals surface area contributed by atoms with Crippen LogP contribution in [0.2, 0.25) is 0 Å². The summed E-state index contributed by atoms with van der Waals surface area (Å²) in [6, 6.07) is 4.46. The van der Waals surface area contributed by atoms with Crippen LogP contribution in [0.5, 0.6) is 0 Å². The third-order valence-corrected chi connectivity index (χ3v) is 3.47. The molecular weight excluding hydrogens is 212 g/mol. The number of nitrogens with two attached hydrogens (primary N) is 1. The Kier molecular flexibility index (Phi) is 5.12. The van der Waals surface area contributed by atoms with Crippen LogP contribution in [0.25, 0.3) is 0 Å². The van der Waals surface area contributed by atoms with E-state index in [1.807, 2.05) is 0 Å². The summed E-state index contributed by atoms with van der Waals surface area (Å²) >= 11 is 0. The first-order valence-electron chi connectivity index (χ1n) is 6.11. The summed E-state index contributed by atoms with van der Waals surface area (Å²) in [6.45, 7) is 8.48. The van der Waals surface area contributed by atoms with Crippen molar-refractivity contribution in [1.29, 1.82) is 0 Å². The van der Waals surface area contributed by atoms with Gasteiger partial charge in [0.15, 0.2) is 0 Å². The molecule has 0 saturated heterocycles. The van der Waals surface area contributed by atoms with Gasteiger partial charge in [0.05, 0.1) is 12.1 Å². The zero-order chi connectivity index (χ0) is 13.0. The van der Waals surface area contributed by atoms with E-state index < -0.39 is 0 Å². The number of aryl methyl sites for hydroxylation is 3. The molecule has 3 N–H and O–H groups in total. The Balaban J connectivity index is 3.15. The average molecular weight is 236 g/mol. The van der Waals surface area contributed by atoms with Crippen molar-refractivity contribution < 1.29 is 4.74 Å². The number of hydrazine groups is 1. The van der Waals surface area contributed by atoms with Crippen LogP contribution in [0.4, 0.5) is 0 Å². The number of methoxy groups -OCH3 is 1. The summed E-state index contributed by atoms with van der Waals surface area (Å²) < 4.78 is 5.49. The van der Waals surface area contributed by atoms with Gasteiger partial charge in [0.2, 0.25) is 0 Å². The van der Waals surface area contributed by atoms with E-state index in [1.165, 1.54) is 22.3 Å². The van der Waals surface area contributed by atoms with Crippen molar-refractivity contribution >= 4 is 0 Å². The molecule has 0 amide bonds. The maximum Gasteiger partial charge on any atom is 0.0776 e. The van der Waals surface area contributed by atoms with Crippen LogP contribution in [-0.2, 0) is 4.74 Å². The Bertz CT molecular complexity index is 373.